The Morgan fingerprint density at radius 3 is 2.42 bits per heavy atom. The fraction of sp³-hybridized carbons (Fsp3) is 0.353. The SMILES string of the molecule is CN1CCN(c2cc(CNS(=O)(=O)c3c(F)cccc3F)ccn2)CC1. The van der Waals surface area contributed by atoms with E-state index in [0.717, 1.165) is 50.2 Å². The fourth-order valence-electron chi connectivity index (χ4n) is 2.77. The summed E-state index contributed by atoms with van der Waals surface area (Å²) in [6, 6.07) is 6.39. The molecule has 2 aromatic rings. The molecule has 1 aliphatic rings. The first-order valence-corrected chi connectivity index (χ1v) is 9.67. The number of halogens is 2. The zero-order chi connectivity index (χ0) is 18.7. The lowest BCUT2D eigenvalue weighted by Crippen LogP contribution is -2.44. The molecule has 1 aliphatic heterocycles. The van der Waals surface area contributed by atoms with Crippen molar-refractivity contribution in [2.24, 2.45) is 0 Å². The number of aromatic nitrogens is 1. The number of nitrogens with zero attached hydrogens (tertiary/aromatic N) is 3. The predicted octanol–water partition coefficient (Wildman–Crippen LogP) is 1.59. The number of anilines is 1. The molecule has 0 saturated carbocycles. The number of rotatable bonds is 5. The quantitative estimate of drug-likeness (QED) is 0.851. The van der Waals surface area contributed by atoms with Gasteiger partial charge in [0.15, 0.2) is 4.90 Å². The van der Waals surface area contributed by atoms with E-state index in [9.17, 15) is 17.2 Å². The molecule has 1 fully saturated rings. The number of hydrogen-bond donors (Lipinski definition) is 1. The molecule has 9 heteroatoms. The van der Waals surface area contributed by atoms with Crippen molar-refractivity contribution < 1.29 is 17.2 Å². The summed E-state index contributed by atoms with van der Waals surface area (Å²) in [5, 5.41) is 0. The van der Waals surface area contributed by atoms with Crippen LogP contribution in [0.4, 0.5) is 14.6 Å². The summed E-state index contributed by atoms with van der Waals surface area (Å²) in [6.45, 7) is 3.42. The smallest absolute Gasteiger partial charge is 0.246 e. The molecule has 1 saturated heterocycles. The second kappa shape index (κ2) is 7.65. The van der Waals surface area contributed by atoms with Crippen LogP contribution in [0.25, 0.3) is 0 Å². The predicted molar refractivity (Wildman–Crippen MR) is 94.3 cm³/mol. The van der Waals surface area contributed by atoms with E-state index >= 15 is 0 Å². The van der Waals surface area contributed by atoms with Gasteiger partial charge in [-0.05, 0) is 36.9 Å². The van der Waals surface area contributed by atoms with Gasteiger partial charge < -0.3 is 9.80 Å². The van der Waals surface area contributed by atoms with Gasteiger partial charge in [0.05, 0.1) is 0 Å². The summed E-state index contributed by atoms with van der Waals surface area (Å²) in [4.78, 5) is 7.70. The van der Waals surface area contributed by atoms with E-state index in [1.165, 1.54) is 0 Å². The van der Waals surface area contributed by atoms with Gasteiger partial charge in [-0.2, -0.15) is 0 Å². The van der Waals surface area contributed by atoms with Gasteiger partial charge in [0.1, 0.15) is 17.5 Å². The van der Waals surface area contributed by atoms with E-state index in [2.05, 4.69) is 26.6 Å². The lowest BCUT2D eigenvalue weighted by molar-refractivity contribution is 0.312. The van der Waals surface area contributed by atoms with E-state index in [4.69, 9.17) is 0 Å². The molecule has 140 valence electrons. The molecule has 1 aromatic heterocycles. The maximum atomic E-state index is 13.7. The van der Waals surface area contributed by atoms with Crippen LogP contribution >= 0.6 is 0 Å². The van der Waals surface area contributed by atoms with Crippen molar-refractivity contribution in [1.29, 1.82) is 0 Å². The second-order valence-corrected chi connectivity index (χ2v) is 7.89. The van der Waals surface area contributed by atoms with Crippen LogP contribution in [0.5, 0.6) is 0 Å². The first-order valence-electron chi connectivity index (χ1n) is 8.19. The van der Waals surface area contributed by atoms with E-state index in [1.54, 1.807) is 18.3 Å². The van der Waals surface area contributed by atoms with Crippen molar-refractivity contribution >= 4 is 15.8 Å². The summed E-state index contributed by atoms with van der Waals surface area (Å²) >= 11 is 0. The van der Waals surface area contributed by atoms with E-state index in [-0.39, 0.29) is 6.54 Å². The van der Waals surface area contributed by atoms with Crippen molar-refractivity contribution in [3.63, 3.8) is 0 Å². The van der Waals surface area contributed by atoms with Crippen molar-refractivity contribution in [1.82, 2.24) is 14.6 Å². The lowest BCUT2D eigenvalue weighted by Gasteiger charge is -2.33. The third-order valence-corrected chi connectivity index (χ3v) is 5.74. The number of sulfonamides is 1. The summed E-state index contributed by atoms with van der Waals surface area (Å²) in [5.41, 5.74) is 0.661. The summed E-state index contributed by atoms with van der Waals surface area (Å²) < 4.78 is 54.2. The van der Waals surface area contributed by atoms with Gasteiger partial charge in [-0.15, -0.1) is 0 Å². The van der Waals surface area contributed by atoms with Crippen LogP contribution in [-0.2, 0) is 16.6 Å². The third kappa shape index (κ3) is 4.17. The topological polar surface area (TPSA) is 65.5 Å². The standard InChI is InChI=1S/C17H20F2N4O2S/c1-22-7-9-23(10-8-22)16-11-13(5-6-20-16)12-21-26(24,25)17-14(18)3-2-4-15(17)19/h2-6,11,21H,7-10,12H2,1H3. The Bertz CT molecular complexity index is 864. The van der Waals surface area contributed by atoms with Gasteiger partial charge in [0, 0.05) is 38.9 Å². The Morgan fingerprint density at radius 2 is 1.77 bits per heavy atom. The Hall–Kier alpha value is -2.10. The molecule has 6 nitrogen and oxygen atoms in total. The number of likely N-dealkylation sites (N-methyl/N-ethyl adjacent to an activating group) is 1. The molecule has 0 amide bonds. The van der Waals surface area contributed by atoms with Crippen LogP contribution in [0.1, 0.15) is 5.56 Å². The highest BCUT2D eigenvalue weighted by atomic mass is 32.2. The molecule has 3 rings (SSSR count). The minimum atomic E-state index is -4.31. The second-order valence-electron chi connectivity index (χ2n) is 6.19. The summed E-state index contributed by atoms with van der Waals surface area (Å²) in [7, 11) is -2.25. The fourth-order valence-corrected chi connectivity index (χ4v) is 3.92. The normalized spacial score (nSPS) is 16.0. The molecular weight excluding hydrogens is 362 g/mol. The number of pyridine rings is 1. The van der Waals surface area contributed by atoms with Crippen molar-refractivity contribution in [2.75, 3.05) is 38.1 Å². The monoisotopic (exact) mass is 382 g/mol. The van der Waals surface area contributed by atoms with Crippen LogP contribution in [0.3, 0.4) is 0 Å². The van der Waals surface area contributed by atoms with E-state index in [0.29, 0.717) is 5.56 Å². The molecule has 0 unspecified atom stereocenters. The molecule has 2 heterocycles. The minimum absolute atomic E-state index is 0.0840. The van der Waals surface area contributed by atoms with Crippen LogP contribution < -0.4 is 9.62 Å². The van der Waals surface area contributed by atoms with Crippen LogP contribution in [0.2, 0.25) is 0 Å². The molecule has 0 spiro atoms. The van der Waals surface area contributed by atoms with Gasteiger partial charge in [-0.1, -0.05) is 6.07 Å². The van der Waals surface area contributed by atoms with Crippen molar-refractivity contribution in [3.8, 4) is 0 Å². The molecule has 1 aromatic carbocycles. The number of hydrogen-bond acceptors (Lipinski definition) is 5. The van der Waals surface area contributed by atoms with E-state index < -0.39 is 26.6 Å². The molecule has 1 N–H and O–H groups in total. The summed E-state index contributed by atoms with van der Waals surface area (Å²) in [6.07, 6.45) is 1.60. The van der Waals surface area contributed by atoms with Crippen molar-refractivity contribution in [3.05, 3.63) is 53.7 Å². The van der Waals surface area contributed by atoms with Gasteiger partial charge in [-0.25, -0.2) is 26.9 Å². The van der Waals surface area contributed by atoms with Gasteiger partial charge in [0.25, 0.3) is 0 Å². The minimum Gasteiger partial charge on any atom is -0.354 e. The third-order valence-electron chi connectivity index (χ3n) is 4.29. The zero-order valence-corrected chi connectivity index (χ0v) is 15.1. The first-order chi connectivity index (χ1) is 12.4. The number of benzene rings is 1. The Morgan fingerprint density at radius 1 is 1.12 bits per heavy atom. The lowest BCUT2D eigenvalue weighted by atomic mass is 10.2. The van der Waals surface area contributed by atoms with Crippen molar-refractivity contribution in [2.45, 2.75) is 11.4 Å². The molecule has 26 heavy (non-hydrogen) atoms. The Balaban J connectivity index is 1.73. The maximum Gasteiger partial charge on any atom is 0.246 e. The van der Waals surface area contributed by atoms with E-state index in [1.807, 2.05) is 0 Å². The average Bonchev–Trinajstić information content (AvgIpc) is 2.61. The molecule has 0 aliphatic carbocycles. The number of nitrogens with one attached hydrogen (secondary N) is 1. The highest BCUT2D eigenvalue weighted by Gasteiger charge is 2.23. The average molecular weight is 382 g/mol. The van der Waals surface area contributed by atoms with Crippen LogP contribution in [0.15, 0.2) is 41.4 Å². The van der Waals surface area contributed by atoms with Crippen LogP contribution in [-0.4, -0.2) is 51.5 Å². The molecule has 0 bridgehead atoms. The van der Waals surface area contributed by atoms with Crippen LogP contribution in [0, 0.1) is 11.6 Å². The first kappa shape index (κ1) is 18.7. The highest BCUT2D eigenvalue weighted by molar-refractivity contribution is 7.89. The zero-order valence-electron chi connectivity index (χ0n) is 14.3. The molecular formula is C17H20F2N4O2S. The van der Waals surface area contributed by atoms with Gasteiger partial charge in [0.2, 0.25) is 10.0 Å². The maximum absolute atomic E-state index is 13.7. The highest BCUT2D eigenvalue weighted by Crippen LogP contribution is 2.19. The Labute approximate surface area is 151 Å². The molecule has 0 atom stereocenters. The Kier molecular flexibility index (Phi) is 5.49. The molecule has 0 radical (unpaired) electrons. The largest absolute Gasteiger partial charge is 0.354 e. The van der Waals surface area contributed by atoms with Gasteiger partial charge >= 0.3 is 0 Å². The number of piperazine rings is 1. The summed E-state index contributed by atoms with van der Waals surface area (Å²) in [5.74, 6) is -1.48. The van der Waals surface area contributed by atoms with Gasteiger partial charge in [-0.3, -0.25) is 0 Å².